The van der Waals surface area contributed by atoms with Crippen LogP contribution in [0.1, 0.15) is 70.0 Å². The highest BCUT2D eigenvalue weighted by Crippen LogP contribution is 2.11. The van der Waals surface area contributed by atoms with Gasteiger partial charge in [0.1, 0.15) is 0 Å². The quantitative estimate of drug-likeness (QED) is 0.528. The molecular weight excluding hydrogens is 332 g/mol. The molecule has 0 spiro atoms. The molecule has 25 heavy (non-hydrogen) atoms. The van der Waals surface area contributed by atoms with Crippen molar-refractivity contribution in [3.8, 4) is 0 Å². The van der Waals surface area contributed by atoms with Gasteiger partial charge in [0.05, 0.1) is 0 Å². The SMILES string of the molecule is S=c1onc2n1CCCCNCNCCCC/C=C\CCCCCC2. The smallest absolute Gasteiger partial charge is 0.297 e. The summed E-state index contributed by atoms with van der Waals surface area (Å²) in [6, 6.07) is 0. The molecule has 0 aromatic carbocycles. The Morgan fingerprint density at radius 1 is 0.880 bits per heavy atom. The molecule has 0 bridgehead atoms. The van der Waals surface area contributed by atoms with E-state index >= 15 is 0 Å². The van der Waals surface area contributed by atoms with Gasteiger partial charge in [0.25, 0.3) is 4.84 Å². The summed E-state index contributed by atoms with van der Waals surface area (Å²) in [5.41, 5.74) is 0. The molecule has 1 aromatic rings. The maximum absolute atomic E-state index is 5.28. The zero-order valence-electron chi connectivity index (χ0n) is 15.5. The number of rotatable bonds is 0. The van der Waals surface area contributed by atoms with Crippen LogP contribution in [0.25, 0.3) is 0 Å². The van der Waals surface area contributed by atoms with E-state index in [0.717, 1.165) is 57.8 Å². The maximum atomic E-state index is 5.28. The predicted octanol–water partition coefficient (Wildman–Crippen LogP) is 4.36. The van der Waals surface area contributed by atoms with Crippen molar-refractivity contribution < 1.29 is 4.52 Å². The number of hydrogen-bond donors (Lipinski definition) is 2. The number of aromatic nitrogens is 2. The van der Waals surface area contributed by atoms with Crippen molar-refractivity contribution in [1.29, 1.82) is 0 Å². The van der Waals surface area contributed by atoms with E-state index in [1.165, 1.54) is 44.9 Å². The summed E-state index contributed by atoms with van der Waals surface area (Å²) in [7, 11) is 0. The standard InChI is InChI=1S/C19H34N4OS/c25-19-23-16-12-11-15-21-17-20-14-10-8-6-4-2-1-3-5-7-9-13-18(23)22-24-19/h2,4,20-21H,1,3,5-17H2/b4-2-. The van der Waals surface area contributed by atoms with Gasteiger partial charge in [-0.1, -0.05) is 30.2 Å². The minimum atomic E-state index is 0.521. The van der Waals surface area contributed by atoms with Crippen molar-refractivity contribution in [2.24, 2.45) is 0 Å². The molecule has 0 saturated carbocycles. The van der Waals surface area contributed by atoms with Crippen molar-refractivity contribution in [2.75, 3.05) is 19.8 Å². The van der Waals surface area contributed by atoms with Gasteiger partial charge in [-0.3, -0.25) is 4.57 Å². The first-order valence-electron chi connectivity index (χ1n) is 10.00. The molecule has 2 N–H and O–H groups in total. The zero-order chi connectivity index (χ0) is 17.6. The number of fused-ring (bicyclic) bond motifs is 1. The van der Waals surface area contributed by atoms with Crippen LogP contribution in [0.15, 0.2) is 16.7 Å². The third-order valence-corrected chi connectivity index (χ3v) is 4.95. The van der Waals surface area contributed by atoms with Gasteiger partial charge in [0.15, 0.2) is 5.82 Å². The van der Waals surface area contributed by atoms with Crippen LogP contribution in [-0.2, 0) is 13.0 Å². The summed E-state index contributed by atoms with van der Waals surface area (Å²) in [5.74, 6) is 1.02. The highest BCUT2D eigenvalue weighted by atomic mass is 32.1. The molecule has 0 radical (unpaired) electrons. The summed E-state index contributed by atoms with van der Waals surface area (Å²) in [6.07, 6.45) is 17.9. The third-order valence-electron chi connectivity index (χ3n) is 4.66. The lowest BCUT2D eigenvalue weighted by molar-refractivity contribution is 0.390. The second kappa shape index (κ2) is 13.3. The Morgan fingerprint density at radius 3 is 2.36 bits per heavy atom. The Balaban J connectivity index is 1.77. The van der Waals surface area contributed by atoms with Gasteiger partial charge in [0.2, 0.25) is 0 Å². The van der Waals surface area contributed by atoms with Gasteiger partial charge >= 0.3 is 0 Å². The molecule has 1 aliphatic rings. The molecule has 0 aliphatic carbocycles. The fourth-order valence-corrected chi connectivity index (χ4v) is 3.36. The molecule has 1 aromatic heterocycles. The van der Waals surface area contributed by atoms with Crippen molar-refractivity contribution in [1.82, 2.24) is 20.4 Å². The molecule has 1 aliphatic heterocycles. The number of hydrogen-bond acceptors (Lipinski definition) is 5. The average molecular weight is 367 g/mol. The second-order valence-electron chi connectivity index (χ2n) is 6.82. The molecule has 0 saturated heterocycles. The van der Waals surface area contributed by atoms with Crippen molar-refractivity contribution in [3.05, 3.63) is 22.8 Å². The van der Waals surface area contributed by atoms with E-state index in [9.17, 15) is 0 Å². The fourth-order valence-electron chi connectivity index (χ4n) is 3.13. The van der Waals surface area contributed by atoms with Crippen LogP contribution in [0.2, 0.25) is 0 Å². The Kier molecular flexibility index (Phi) is 10.8. The van der Waals surface area contributed by atoms with Crippen LogP contribution in [0, 0.1) is 4.84 Å². The van der Waals surface area contributed by atoms with E-state index in [2.05, 4.69) is 32.5 Å². The zero-order valence-corrected chi connectivity index (χ0v) is 16.3. The molecule has 2 rings (SSSR count). The Labute approximate surface area is 157 Å². The number of allylic oxidation sites excluding steroid dienone is 2. The first-order chi connectivity index (χ1) is 12.4. The molecule has 0 atom stereocenters. The van der Waals surface area contributed by atoms with Crippen molar-refractivity contribution in [3.63, 3.8) is 0 Å². The van der Waals surface area contributed by atoms with E-state index < -0.39 is 0 Å². The lowest BCUT2D eigenvalue weighted by Gasteiger charge is -2.08. The molecule has 2 heterocycles. The van der Waals surface area contributed by atoms with Crippen LogP contribution in [0.4, 0.5) is 0 Å². The largest absolute Gasteiger partial charge is 0.324 e. The van der Waals surface area contributed by atoms with Crippen LogP contribution >= 0.6 is 12.2 Å². The maximum Gasteiger partial charge on any atom is 0.297 e. The van der Waals surface area contributed by atoms with Gasteiger partial charge < -0.3 is 15.2 Å². The molecular formula is C19H34N4OS. The second-order valence-corrected chi connectivity index (χ2v) is 7.17. The molecule has 142 valence electrons. The van der Waals surface area contributed by atoms with Crippen molar-refractivity contribution >= 4 is 12.2 Å². The topological polar surface area (TPSA) is 55.0 Å². The summed E-state index contributed by atoms with van der Waals surface area (Å²) in [4.78, 5) is 0.521. The van der Waals surface area contributed by atoms with Crippen LogP contribution < -0.4 is 10.6 Å². The molecule has 0 fully saturated rings. The third kappa shape index (κ3) is 8.79. The van der Waals surface area contributed by atoms with Crippen LogP contribution in [0.3, 0.4) is 0 Å². The minimum Gasteiger partial charge on any atom is -0.324 e. The predicted molar refractivity (Wildman–Crippen MR) is 105 cm³/mol. The van der Waals surface area contributed by atoms with Gasteiger partial charge in [0, 0.05) is 19.6 Å². The summed E-state index contributed by atoms with van der Waals surface area (Å²) in [5, 5.41) is 11.1. The molecule has 6 heteroatoms. The van der Waals surface area contributed by atoms with Crippen LogP contribution in [0.5, 0.6) is 0 Å². The first-order valence-corrected chi connectivity index (χ1v) is 10.4. The van der Waals surface area contributed by atoms with Gasteiger partial charge in [-0.05, 0) is 76.7 Å². The summed E-state index contributed by atoms with van der Waals surface area (Å²) >= 11 is 5.28. The highest BCUT2D eigenvalue weighted by molar-refractivity contribution is 7.71. The first kappa shape index (κ1) is 20.3. The normalized spacial score (nSPS) is 21.8. The van der Waals surface area contributed by atoms with E-state index in [-0.39, 0.29) is 0 Å². The van der Waals surface area contributed by atoms with Crippen molar-refractivity contribution in [2.45, 2.75) is 77.2 Å². The lowest BCUT2D eigenvalue weighted by Crippen LogP contribution is -2.30. The van der Waals surface area contributed by atoms with Gasteiger partial charge in [-0.2, -0.15) is 0 Å². The van der Waals surface area contributed by atoms with Gasteiger partial charge in [-0.15, -0.1) is 0 Å². The van der Waals surface area contributed by atoms with E-state index in [0.29, 0.717) is 4.84 Å². The molecule has 0 unspecified atom stereocenters. The van der Waals surface area contributed by atoms with E-state index in [4.69, 9.17) is 16.7 Å². The molecule has 0 amide bonds. The number of aryl methyl sites for hydroxylation is 1. The van der Waals surface area contributed by atoms with E-state index in [1.807, 2.05) is 0 Å². The summed E-state index contributed by atoms with van der Waals surface area (Å²) < 4.78 is 7.31. The minimum absolute atomic E-state index is 0.521. The summed E-state index contributed by atoms with van der Waals surface area (Å²) in [6.45, 7) is 3.94. The molecule has 5 nitrogen and oxygen atoms in total. The average Bonchev–Trinajstić information content (AvgIpc) is 2.96. The van der Waals surface area contributed by atoms with Gasteiger partial charge in [-0.25, -0.2) is 0 Å². The lowest BCUT2D eigenvalue weighted by atomic mass is 10.1. The van der Waals surface area contributed by atoms with Crippen LogP contribution in [-0.4, -0.2) is 29.5 Å². The number of nitrogens with zero attached hydrogens (tertiary/aromatic N) is 2. The Morgan fingerprint density at radius 2 is 1.56 bits per heavy atom. The Hall–Kier alpha value is -0.980. The Bertz CT molecular complexity index is 538. The monoisotopic (exact) mass is 366 g/mol. The number of nitrogens with one attached hydrogen (secondary N) is 2. The highest BCUT2D eigenvalue weighted by Gasteiger charge is 2.07. The van der Waals surface area contributed by atoms with E-state index in [1.54, 1.807) is 0 Å². The fraction of sp³-hybridized carbons (Fsp3) is 0.789.